The summed E-state index contributed by atoms with van der Waals surface area (Å²) in [5.41, 5.74) is 0.491. The number of methoxy groups -OCH3 is 3. The van der Waals surface area contributed by atoms with E-state index in [-0.39, 0.29) is 11.9 Å². The van der Waals surface area contributed by atoms with Gasteiger partial charge in [0.25, 0.3) is 5.91 Å². The lowest BCUT2D eigenvalue weighted by Crippen LogP contribution is -2.24. The molecule has 0 fully saturated rings. The Kier molecular flexibility index (Phi) is 7.81. The summed E-state index contributed by atoms with van der Waals surface area (Å²) in [6.45, 7) is 0.555. The van der Waals surface area contributed by atoms with Crippen molar-refractivity contribution in [3.05, 3.63) is 23.8 Å². The van der Waals surface area contributed by atoms with Gasteiger partial charge in [0.1, 0.15) is 11.5 Å². The monoisotopic (exact) mass is 309 g/mol. The van der Waals surface area contributed by atoms with Crippen LogP contribution >= 0.6 is 0 Å². The lowest BCUT2D eigenvalue weighted by atomic mass is 10.1. The van der Waals surface area contributed by atoms with Crippen LogP contribution in [0.5, 0.6) is 11.5 Å². The van der Waals surface area contributed by atoms with Crippen molar-refractivity contribution >= 4 is 11.9 Å². The van der Waals surface area contributed by atoms with Gasteiger partial charge in [0, 0.05) is 24.6 Å². The van der Waals surface area contributed by atoms with E-state index >= 15 is 0 Å². The second-order valence-electron chi connectivity index (χ2n) is 4.74. The number of benzene rings is 1. The van der Waals surface area contributed by atoms with Crippen LogP contribution in [0.3, 0.4) is 0 Å². The fourth-order valence-electron chi connectivity index (χ4n) is 1.92. The van der Waals surface area contributed by atoms with Crippen LogP contribution in [0.2, 0.25) is 0 Å². The van der Waals surface area contributed by atoms with Crippen molar-refractivity contribution in [1.82, 2.24) is 5.32 Å². The summed E-state index contributed by atoms with van der Waals surface area (Å²) in [6, 6.07) is 5.04. The fourth-order valence-corrected chi connectivity index (χ4v) is 1.92. The number of hydrogen-bond acceptors (Lipinski definition) is 5. The molecule has 0 aliphatic rings. The Labute approximate surface area is 130 Å². The van der Waals surface area contributed by atoms with Crippen molar-refractivity contribution < 1.29 is 23.8 Å². The Hall–Kier alpha value is -2.24. The number of amides is 1. The normalized spacial score (nSPS) is 9.95. The van der Waals surface area contributed by atoms with Crippen LogP contribution in [0.25, 0.3) is 0 Å². The first kappa shape index (κ1) is 17.8. The quantitative estimate of drug-likeness (QED) is 0.559. The molecule has 0 aliphatic heterocycles. The van der Waals surface area contributed by atoms with Crippen LogP contribution in [-0.4, -0.2) is 39.8 Å². The van der Waals surface area contributed by atoms with Gasteiger partial charge in [0.05, 0.1) is 21.3 Å². The first-order valence-electron chi connectivity index (χ1n) is 7.18. The summed E-state index contributed by atoms with van der Waals surface area (Å²) < 4.78 is 14.8. The molecule has 0 atom stereocenters. The number of carbonyl (C=O) groups excluding carboxylic acids is 2. The Balaban J connectivity index is 2.37. The average molecular weight is 309 g/mol. The lowest BCUT2D eigenvalue weighted by molar-refractivity contribution is -0.140. The molecular weight excluding hydrogens is 286 g/mol. The van der Waals surface area contributed by atoms with E-state index in [9.17, 15) is 9.59 Å². The Morgan fingerprint density at radius 2 is 1.59 bits per heavy atom. The number of hydrogen-bond donors (Lipinski definition) is 1. The maximum Gasteiger partial charge on any atom is 0.305 e. The van der Waals surface area contributed by atoms with Crippen molar-refractivity contribution in [1.29, 1.82) is 0 Å². The maximum absolute atomic E-state index is 12.1. The van der Waals surface area contributed by atoms with Crippen molar-refractivity contribution in [3.63, 3.8) is 0 Å². The first-order valence-corrected chi connectivity index (χ1v) is 7.18. The summed E-state index contributed by atoms with van der Waals surface area (Å²) >= 11 is 0. The molecule has 0 radical (unpaired) electrons. The van der Waals surface area contributed by atoms with Crippen molar-refractivity contribution in [2.75, 3.05) is 27.9 Å². The minimum Gasteiger partial charge on any atom is -0.497 e. The molecule has 0 heterocycles. The Bertz CT molecular complexity index is 479. The van der Waals surface area contributed by atoms with Gasteiger partial charge in [0.2, 0.25) is 0 Å². The minimum atomic E-state index is -0.201. The predicted octanol–water partition coefficient (Wildman–Crippen LogP) is 2.17. The molecule has 0 aliphatic carbocycles. The van der Waals surface area contributed by atoms with E-state index in [1.807, 2.05) is 0 Å². The van der Waals surface area contributed by atoms with Gasteiger partial charge in [-0.15, -0.1) is 0 Å². The molecule has 6 nitrogen and oxygen atoms in total. The zero-order chi connectivity index (χ0) is 16.4. The van der Waals surface area contributed by atoms with Gasteiger partial charge in [-0.25, -0.2) is 0 Å². The Morgan fingerprint density at radius 1 is 0.955 bits per heavy atom. The molecule has 0 saturated carbocycles. The molecule has 0 saturated heterocycles. The van der Waals surface area contributed by atoms with Crippen LogP contribution in [-0.2, 0) is 9.53 Å². The zero-order valence-electron chi connectivity index (χ0n) is 13.3. The maximum atomic E-state index is 12.1. The largest absolute Gasteiger partial charge is 0.497 e. The van der Waals surface area contributed by atoms with E-state index in [4.69, 9.17) is 9.47 Å². The van der Waals surface area contributed by atoms with E-state index in [0.717, 1.165) is 19.3 Å². The summed E-state index contributed by atoms with van der Waals surface area (Å²) in [6.07, 6.45) is 2.84. The van der Waals surface area contributed by atoms with Crippen molar-refractivity contribution in [2.24, 2.45) is 0 Å². The number of rotatable bonds is 9. The molecule has 0 aromatic heterocycles. The summed E-state index contributed by atoms with van der Waals surface area (Å²) in [7, 11) is 4.46. The van der Waals surface area contributed by atoms with Crippen LogP contribution in [0.15, 0.2) is 18.2 Å². The number of unbranched alkanes of at least 4 members (excludes halogenated alkanes) is 2. The van der Waals surface area contributed by atoms with Crippen molar-refractivity contribution in [3.8, 4) is 11.5 Å². The SMILES string of the molecule is COC(=O)CCCCCNC(=O)c1cc(OC)cc(OC)c1. The molecule has 0 spiro atoms. The molecule has 22 heavy (non-hydrogen) atoms. The summed E-state index contributed by atoms with van der Waals surface area (Å²) in [5, 5.41) is 2.84. The van der Waals surface area contributed by atoms with E-state index in [1.165, 1.54) is 21.3 Å². The molecule has 1 amide bonds. The van der Waals surface area contributed by atoms with E-state index in [2.05, 4.69) is 10.1 Å². The highest BCUT2D eigenvalue weighted by molar-refractivity contribution is 5.95. The average Bonchev–Trinajstić information content (AvgIpc) is 2.56. The zero-order valence-corrected chi connectivity index (χ0v) is 13.3. The van der Waals surface area contributed by atoms with Crippen molar-refractivity contribution in [2.45, 2.75) is 25.7 Å². The molecule has 1 N–H and O–H groups in total. The third kappa shape index (κ3) is 6.03. The second-order valence-corrected chi connectivity index (χ2v) is 4.74. The van der Waals surface area contributed by atoms with Crippen LogP contribution < -0.4 is 14.8 Å². The molecule has 1 aromatic carbocycles. The van der Waals surface area contributed by atoms with Gasteiger partial charge in [-0.05, 0) is 25.0 Å². The molecule has 122 valence electrons. The van der Waals surface area contributed by atoms with Gasteiger partial charge in [-0.3, -0.25) is 9.59 Å². The summed E-state index contributed by atoms with van der Waals surface area (Å²) in [5.74, 6) is 0.767. The molecule has 0 unspecified atom stereocenters. The number of ether oxygens (including phenoxy) is 3. The van der Waals surface area contributed by atoms with E-state index < -0.39 is 0 Å². The fraction of sp³-hybridized carbons (Fsp3) is 0.500. The van der Waals surface area contributed by atoms with E-state index in [0.29, 0.717) is 30.0 Å². The lowest BCUT2D eigenvalue weighted by Gasteiger charge is -2.09. The smallest absolute Gasteiger partial charge is 0.305 e. The third-order valence-corrected chi connectivity index (χ3v) is 3.18. The Morgan fingerprint density at radius 3 is 2.14 bits per heavy atom. The topological polar surface area (TPSA) is 73.9 Å². The van der Waals surface area contributed by atoms with Crippen LogP contribution in [0, 0.1) is 0 Å². The number of nitrogens with one attached hydrogen (secondary N) is 1. The highest BCUT2D eigenvalue weighted by atomic mass is 16.5. The first-order chi connectivity index (χ1) is 10.6. The van der Waals surface area contributed by atoms with Gasteiger partial charge in [-0.1, -0.05) is 6.42 Å². The number of esters is 1. The highest BCUT2D eigenvalue weighted by Crippen LogP contribution is 2.22. The molecule has 1 rings (SSSR count). The second kappa shape index (κ2) is 9.65. The molecule has 1 aromatic rings. The standard InChI is InChI=1S/C16H23NO5/c1-20-13-9-12(10-14(11-13)21-2)16(19)17-8-6-4-5-7-15(18)22-3/h9-11H,4-8H2,1-3H3,(H,17,19). The minimum absolute atomic E-state index is 0.176. The molecule has 6 heteroatoms. The molecular formula is C16H23NO5. The van der Waals surface area contributed by atoms with Crippen LogP contribution in [0.4, 0.5) is 0 Å². The van der Waals surface area contributed by atoms with Gasteiger partial charge in [-0.2, -0.15) is 0 Å². The number of carbonyl (C=O) groups is 2. The predicted molar refractivity (Wildman–Crippen MR) is 82.4 cm³/mol. The van der Waals surface area contributed by atoms with Gasteiger partial charge < -0.3 is 19.5 Å². The van der Waals surface area contributed by atoms with Gasteiger partial charge >= 0.3 is 5.97 Å². The highest BCUT2D eigenvalue weighted by Gasteiger charge is 2.09. The van der Waals surface area contributed by atoms with Crippen LogP contribution in [0.1, 0.15) is 36.0 Å². The summed E-state index contributed by atoms with van der Waals surface area (Å²) in [4.78, 5) is 23.0. The molecule has 0 bridgehead atoms. The van der Waals surface area contributed by atoms with Gasteiger partial charge in [0.15, 0.2) is 0 Å². The van der Waals surface area contributed by atoms with E-state index in [1.54, 1.807) is 18.2 Å². The third-order valence-electron chi connectivity index (χ3n) is 3.18.